The fraction of sp³-hybridized carbons (Fsp3) is 0.556. The van der Waals surface area contributed by atoms with Crippen molar-refractivity contribution < 1.29 is 19.1 Å². The highest BCUT2D eigenvalue weighted by Gasteiger charge is 2.27. The first-order chi connectivity index (χ1) is 14.2. The van der Waals surface area contributed by atoms with Crippen molar-refractivity contribution in [1.29, 1.82) is 0 Å². The summed E-state index contributed by atoms with van der Waals surface area (Å²) >= 11 is 1.46. The number of carbonyl (C=O) groups is 2. The van der Waals surface area contributed by atoms with Crippen LogP contribution in [0.4, 0.5) is 9.93 Å². The van der Waals surface area contributed by atoms with Gasteiger partial charge in [0.15, 0.2) is 0 Å². The van der Waals surface area contributed by atoms with Gasteiger partial charge in [0.05, 0.1) is 19.8 Å². The van der Waals surface area contributed by atoms with Gasteiger partial charge in [0.2, 0.25) is 10.3 Å². The summed E-state index contributed by atoms with van der Waals surface area (Å²) in [7, 11) is 0. The third-order valence-electron chi connectivity index (χ3n) is 4.95. The van der Waals surface area contributed by atoms with Crippen molar-refractivity contribution >= 4 is 28.5 Å². The molecule has 2 aromatic rings. The lowest BCUT2D eigenvalue weighted by atomic mass is 10.3. The second-order valence-corrected chi connectivity index (χ2v) is 7.64. The summed E-state index contributed by atoms with van der Waals surface area (Å²) in [6.45, 7) is 6.93. The molecule has 2 aromatic heterocycles. The number of rotatable bonds is 4. The quantitative estimate of drug-likeness (QED) is 0.731. The lowest BCUT2D eigenvalue weighted by Gasteiger charge is -2.34. The Bertz CT molecular complexity index is 854. The van der Waals surface area contributed by atoms with E-state index in [-0.39, 0.29) is 12.0 Å². The molecule has 11 heteroatoms. The zero-order valence-corrected chi connectivity index (χ0v) is 17.1. The highest BCUT2D eigenvalue weighted by molar-refractivity contribution is 7.17. The number of hydrogen-bond donors (Lipinski definition) is 0. The Hall–Kier alpha value is -2.66. The van der Waals surface area contributed by atoms with Crippen molar-refractivity contribution in [3.05, 3.63) is 24.0 Å². The standard InChI is InChI=1S/C18H24N6O4S/c1-2-28-18(26)23-8-6-21(7-9-23)15(25)14-4-3-5-24(14)17-20-19-16(29-17)22-10-12-27-13-11-22/h3-5H,2,6-13H2,1H3. The minimum atomic E-state index is -0.326. The summed E-state index contributed by atoms with van der Waals surface area (Å²) in [5, 5.41) is 10.1. The average molecular weight is 420 g/mol. The van der Waals surface area contributed by atoms with E-state index in [0.29, 0.717) is 56.8 Å². The molecule has 2 saturated heterocycles. The van der Waals surface area contributed by atoms with Gasteiger partial charge in [-0.3, -0.25) is 9.36 Å². The van der Waals surface area contributed by atoms with Crippen LogP contribution in [0, 0.1) is 0 Å². The molecule has 156 valence electrons. The first kappa shape index (κ1) is 19.6. The van der Waals surface area contributed by atoms with Gasteiger partial charge in [0.25, 0.3) is 5.91 Å². The Morgan fingerprint density at radius 1 is 1.07 bits per heavy atom. The van der Waals surface area contributed by atoms with E-state index in [1.807, 2.05) is 12.3 Å². The number of amides is 2. The van der Waals surface area contributed by atoms with E-state index in [1.165, 1.54) is 11.3 Å². The Balaban J connectivity index is 1.43. The first-order valence-corrected chi connectivity index (χ1v) is 10.5. The van der Waals surface area contributed by atoms with Gasteiger partial charge in [-0.25, -0.2) is 4.79 Å². The van der Waals surface area contributed by atoms with Crippen molar-refractivity contribution in [2.24, 2.45) is 0 Å². The second-order valence-electron chi connectivity index (χ2n) is 6.71. The van der Waals surface area contributed by atoms with Crippen molar-refractivity contribution in [3.8, 4) is 5.13 Å². The number of hydrogen-bond acceptors (Lipinski definition) is 8. The molecule has 0 atom stereocenters. The van der Waals surface area contributed by atoms with Crippen molar-refractivity contribution in [1.82, 2.24) is 24.6 Å². The van der Waals surface area contributed by atoms with E-state index in [0.717, 1.165) is 18.2 Å². The van der Waals surface area contributed by atoms with Gasteiger partial charge in [0, 0.05) is 45.5 Å². The van der Waals surface area contributed by atoms with E-state index >= 15 is 0 Å². The lowest BCUT2D eigenvalue weighted by Crippen LogP contribution is -2.51. The normalized spacial score (nSPS) is 17.5. The minimum Gasteiger partial charge on any atom is -0.450 e. The van der Waals surface area contributed by atoms with Crippen LogP contribution in [0.1, 0.15) is 17.4 Å². The van der Waals surface area contributed by atoms with E-state index in [9.17, 15) is 9.59 Å². The van der Waals surface area contributed by atoms with E-state index < -0.39 is 0 Å². The molecule has 0 aliphatic carbocycles. The van der Waals surface area contributed by atoms with Crippen molar-refractivity contribution in [2.45, 2.75) is 6.92 Å². The smallest absolute Gasteiger partial charge is 0.409 e. The van der Waals surface area contributed by atoms with Gasteiger partial charge in [-0.2, -0.15) is 0 Å². The van der Waals surface area contributed by atoms with Crippen LogP contribution in [0.2, 0.25) is 0 Å². The van der Waals surface area contributed by atoms with Crippen molar-refractivity contribution in [2.75, 3.05) is 64.0 Å². The molecule has 0 aromatic carbocycles. The molecule has 2 aliphatic heterocycles. The molecule has 2 fully saturated rings. The van der Waals surface area contributed by atoms with Crippen LogP contribution in [-0.4, -0.2) is 95.7 Å². The zero-order chi connectivity index (χ0) is 20.2. The van der Waals surface area contributed by atoms with Crippen LogP contribution in [0.15, 0.2) is 18.3 Å². The van der Waals surface area contributed by atoms with Gasteiger partial charge >= 0.3 is 6.09 Å². The average Bonchev–Trinajstić information content (AvgIpc) is 3.44. The van der Waals surface area contributed by atoms with Crippen LogP contribution >= 0.6 is 11.3 Å². The van der Waals surface area contributed by atoms with Gasteiger partial charge in [-0.05, 0) is 19.1 Å². The minimum absolute atomic E-state index is 0.0818. The third kappa shape index (κ3) is 4.20. The topological polar surface area (TPSA) is 93.0 Å². The monoisotopic (exact) mass is 420 g/mol. The van der Waals surface area contributed by atoms with Crippen LogP contribution in [0.25, 0.3) is 5.13 Å². The predicted molar refractivity (Wildman–Crippen MR) is 107 cm³/mol. The molecule has 4 heterocycles. The molecule has 0 unspecified atom stereocenters. The first-order valence-electron chi connectivity index (χ1n) is 9.72. The summed E-state index contributed by atoms with van der Waals surface area (Å²) in [6.07, 6.45) is 1.50. The lowest BCUT2D eigenvalue weighted by molar-refractivity contribution is 0.0564. The van der Waals surface area contributed by atoms with E-state index in [1.54, 1.807) is 27.4 Å². The molecule has 29 heavy (non-hydrogen) atoms. The number of morpholine rings is 1. The highest BCUT2D eigenvalue weighted by Crippen LogP contribution is 2.25. The number of piperazine rings is 1. The number of nitrogens with zero attached hydrogens (tertiary/aromatic N) is 6. The van der Waals surface area contributed by atoms with Gasteiger partial charge in [0.1, 0.15) is 5.69 Å². The molecule has 2 amide bonds. The summed E-state index contributed by atoms with van der Waals surface area (Å²) in [4.78, 5) is 30.4. The van der Waals surface area contributed by atoms with Crippen LogP contribution < -0.4 is 4.90 Å². The maximum absolute atomic E-state index is 13.1. The Labute approximate surface area is 172 Å². The Morgan fingerprint density at radius 3 is 2.48 bits per heavy atom. The summed E-state index contributed by atoms with van der Waals surface area (Å²) in [5.74, 6) is -0.0818. The SMILES string of the molecule is CCOC(=O)N1CCN(C(=O)c2cccn2-c2nnc(N3CCOCC3)s2)CC1. The molecular formula is C18H24N6O4S. The van der Waals surface area contributed by atoms with Crippen LogP contribution in [-0.2, 0) is 9.47 Å². The molecule has 0 N–H and O–H groups in total. The molecule has 0 radical (unpaired) electrons. The Kier molecular flexibility index (Phi) is 5.95. The molecule has 10 nitrogen and oxygen atoms in total. The number of aromatic nitrogens is 3. The largest absolute Gasteiger partial charge is 0.450 e. The molecule has 4 rings (SSSR count). The maximum atomic E-state index is 13.1. The van der Waals surface area contributed by atoms with E-state index in [4.69, 9.17) is 9.47 Å². The Morgan fingerprint density at radius 2 is 1.76 bits per heavy atom. The third-order valence-corrected chi connectivity index (χ3v) is 5.94. The number of anilines is 1. The van der Waals surface area contributed by atoms with Crippen molar-refractivity contribution in [3.63, 3.8) is 0 Å². The number of ether oxygens (including phenoxy) is 2. The van der Waals surface area contributed by atoms with Gasteiger partial charge < -0.3 is 24.2 Å². The summed E-state index contributed by atoms with van der Waals surface area (Å²) < 4.78 is 12.2. The maximum Gasteiger partial charge on any atom is 0.409 e. The zero-order valence-electron chi connectivity index (χ0n) is 16.3. The number of carbonyl (C=O) groups excluding carboxylic acids is 2. The molecule has 0 saturated carbocycles. The molecular weight excluding hydrogens is 396 g/mol. The molecule has 0 spiro atoms. The highest BCUT2D eigenvalue weighted by atomic mass is 32.1. The van der Waals surface area contributed by atoms with E-state index in [2.05, 4.69) is 15.1 Å². The predicted octanol–water partition coefficient (Wildman–Crippen LogP) is 1.08. The van der Waals surface area contributed by atoms with Gasteiger partial charge in [-0.1, -0.05) is 11.3 Å². The van der Waals surface area contributed by atoms with Gasteiger partial charge in [-0.15, -0.1) is 10.2 Å². The molecule has 2 aliphatic rings. The second kappa shape index (κ2) is 8.78. The fourth-order valence-electron chi connectivity index (χ4n) is 3.38. The molecule has 0 bridgehead atoms. The van der Waals surface area contributed by atoms with Crippen LogP contribution in [0.3, 0.4) is 0 Å². The fourth-order valence-corrected chi connectivity index (χ4v) is 4.27. The summed E-state index contributed by atoms with van der Waals surface area (Å²) in [5.41, 5.74) is 0.541. The summed E-state index contributed by atoms with van der Waals surface area (Å²) in [6, 6.07) is 3.62. The van der Waals surface area contributed by atoms with Crippen LogP contribution in [0.5, 0.6) is 0 Å².